The molecule has 1 aromatic heterocycles. The summed E-state index contributed by atoms with van der Waals surface area (Å²) in [6, 6.07) is 0. The minimum Gasteiger partial charge on any atom is -0.481 e. The number of aromatic nitrogens is 3. The summed E-state index contributed by atoms with van der Waals surface area (Å²) in [5.74, 6) is 3.88. The molecule has 4 N–H and O–H groups in total. The summed E-state index contributed by atoms with van der Waals surface area (Å²) in [6.45, 7) is 2.90. The van der Waals surface area contributed by atoms with Crippen LogP contribution >= 0.6 is 0 Å². The van der Waals surface area contributed by atoms with Crippen molar-refractivity contribution in [3.63, 3.8) is 0 Å². The Labute approximate surface area is 191 Å². The summed E-state index contributed by atoms with van der Waals surface area (Å²) in [6.07, 6.45) is 6.76. The molecule has 0 fully saturated rings. The number of rotatable bonds is 19. The number of carboxylic acids is 2. The maximum absolute atomic E-state index is 10.6. The lowest BCUT2D eigenvalue weighted by molar-refractivity contribution is -0.138. The number of aryl methyl sites for hydroxylation is 1. The molecule has 0 aliphatic heterocycles. The normalized spacial score (nSPS) is 11.7. The highest BCUT2D eigenvalue weighted by atomic mass is 16.4. The predicted molar refractivity (Wildman–Crippen MR) is 122 cm³/mol. The standard InChI is InChI=1S/C19H32N10O4/c20-24-16(12-22-8-3-1-6-18(30)31)13-28(10-5-9-23-26-21)14-17-15-29(27-25-17)11-4-2-7-19(32)33/h12,15H,1-11,13-14,20H2,(H,30,31)(H,32,33). The first-order chi connectivity index (χ1) is 15.9. The summed E-state index contributed by atoms with van der Waals surface area (Å²) in [7, 11) is 0. The van der Waals surface area contributed by atoms with Crippen LogP contribution in [0.25, 0.3) is 10.4 Å². The summed E-state index contributed by atoms with van der Waals surface area (Å²) in [5.41, 5.74) is 9.76. The molecule has 1 aromatic rings. The zero-order chi connectivity index (χ0) is 24.3. The smallest absolute Gasteiger partial charge is 0.303 e. The molecule has 14 nitrogen and oxygen atoms in total. The number of carboxylic acid groups (broad SMARTS) is 2. The maximum Gasteiger partial charge on any atom is 0.303 e. The van der Waals surface area contributed by atoms with Crippen LogP contribution in [0, 0.1) is 0 Å². The highest BCUT2D eigenvalue weighted by molar-refractivity contribution is 6.31. The van der Waals surface area contributed by atoms with E-state index in [0.717, 1.165) is 5.69 Å². The van der Waals surface area contributed by atoms with Crippen molar-refractivity contribution in [1.29, 1.82) is 0 Å². The van der Waals surface area contributed by atoms with E-state index < -0.39 is 11.9 Å². The van der Waals surface area contributed by atoms with Crippen LogP contribution in [-0.4, -0.2) is 80.2 Å². The molecule has 0 spiro atoms. The second-order valence-electron chi connectivity index (χ2n) is 7.35. The first-order valence-corrected chi connectivity index (χ1v) is 10.8. The predicted octanol–water partition coefficient (Wildman–Crippen LogP) is 1.68. The molecular formula is C19H32N10O4. The summed E-state index contributed by atoms with van der Waals surface area (Å²) in [5, 5.41) is 33.0. The van der Waals surface area contributed by atoms with Gasteiger partial charge in [0, 0.05) is 62.9 Å². The Morgan fingerprint density at radius 1 is 1.15 bits per heavy atom. The molecule has 0 aromatic carbocycles. The van der Waals surface area contributed by atoms with Gasteiger partial charge in [-0.15, -0.1) is 5.10 Å². The number of aliphatic imine (C=N–C) groups is 1. The molecule has 33 heavy (non-hydrogen) atoms. The van der Waals surface area contributed by atoms with Gasteiger partial charge in [-0.25, -0.2) is 0 Å². The van der Waals surface area contributed by atoms with Crippen molar-refractivity contribution in [1.82, 2.24) is 19.9 Å². The van der Waals surface area contributed by atoms with Crippen LogP contribution in [-0.2, 0) is 22.7 Å². The fourth-order valence-electron chi connectivity index (χ4n) is 2.92. The molecule has 0 unspecified atom stereocenters. The van der Waals surface area contributed by atoms with Crippen molar-refractivity contribution >= 4 is 23.9 Å². The minimum atomic E-state index is -0.822. The number of hydrazone groups is 1. The molecule has 0 aliphatic carbocycles. The zero-order valence-electron chi connectivity index (χ0n) is 18.7. The molecule has 1 heterocycles. The average Bonchev–Trinajstić information content (AvgIpc) is 3.22. The van der Waals surface area contributed by atoms with Crippen LogP contribution < -0.4 is 5.84 Å². The molecule has 0 bridgehead atoms. The lowest BCUT2D eigenvalue weighted by Crippen LogP contribution is -2.32. The fourth-order valence-corrected chi connectivity index (χ4v) is 2.92. The Balaban J connectivity index is 2.62. The van der Waals surface area contributed by atoms with E-state index in [9.17, 15) is 9.59 Å². The SMILES string of the molecule is [N-]=[N+]=NCCCN(CC(C=NCCCCC(=O)O)=NN)Cc1cn(CCCCC(=O)O)nn1. The van der Waals surface area contributed by atoms with Gasteiger partial charge in [0.05, 0.1) is 11.4 Å². The van der Waals surface area contributed by atoms with Crippen LogP contribution in [0.1, 0.15) is 50.6 Å². The molecule has 0 saturated carbocycles. The molecule has 0 saturated heterocycles. The fraction of sp³-hybridized carbons (Fsp3) is 0.684. The third-order valence-electron chi connectivity index (χ3n) is 4.51. The molecule has 14 heteroatoms. The number of nitrogens with two attached hydrogens (primary N) is 1. The minimum absolute atomic E-state index is 0.118. The Bertz CT molecular complexity index is 832. The van der Waals surface area contributed by atoms with E-state index in [1.54, 1.807) is 10.9 Å². The highest BCUT2D eigenvalue weighted by Crippen LogP contribution is 2.05. The molecule has 0 radical (unpaired) electrons. The van der Waals surface area contributed by atoms with Crippen LogP contribution in [0.5, 0.6) is 0 Å². The number of carbonyl (C=O) groups is 2. The van der Waals surface area contributed by atoms with Gasteiger partial charge in [-0.2, -0.15) is 5.10 Å². The van der Waals surface area contributed by atoms with Crippen molar-refractivity contribution in [2.45, 2.75) is 58.0 Å². The maximum atomic E-state index is 10.6. The van der Waals surface area contributed by atoms with Gasteiger partial charge in [-0.05, 0) is 44.2 Å². The van der Waals surface area contributed by atoms with E-state index in [-0.39, 0.29) is 12.8 Å². The first kappa shape index (κ1) is 27.5. The van der Waals surface area contributed by atoms with Crippen LogP contribution in [0.4, 0.5) is 0 Å². The first-order valence-electron chi connectivity index (χ1n) is 10.8. The molecule has 182 valence electrons. The van der Waals surface area contributed by atoms with Crippen molar-refractivity contribution in [2.24, 2.45) is 21.1 Å². The summed E-state index contributed by atoms with van der Waals surface area (Å²) >= 11 is 0. The number of aliphatic carboxylic acids is 2. The number of hydrogen-bond acceptors (Lipinski definition) is 9. The van der Waals surface area contributed by atoms with Gasteiger partial charge < -0.3 is 16.1 Å². The number of unbranched alkanes of at least 4 members (excludes halogenated alkanes) is 2. The molecular weight excluding hydrogens is 432 g/mol. The quantitative estimate of drug-likeness (QED) is 0.0520. The van der Waals surface area contributed by atoms with Crippen molar-refractivity contribution in [3.8, 4) is 0 Å². The van der Waals surface area contributed by atoms with Gasteiger partial charge in [0.1, 0.15) is 0 Å². The van der Waals surface area contributed by atoms with E-state index in [2.05, 4.69) is 30.4 Å². The zero-order valence-corrected chi connectivity index (χ0v) is 18.7. The second kappa shape index (κ2) is 17.1. The lowest BCUT2D eigenvalue weighted by atomic mass is 10.2. The van der Waals surface area contributed by atoms with E-state index in [1.807, 2.05) is 11.1 Å². The van der Waals surface area contributed by atoms with E-state index in [1.165, 1.54) is 0 Å². The second-order valence-corrected chi connectivity index (χ2v) is 7.35. The van der Waals surface area contributed by atoms with Gasteiger partial charge in [0.2, 0.25) is 0 Å². The highest BCUT2D eigenvalue weighted by Gasteiger charge is 2.12. The third-order valence-corrected chi connectivity index (χ3v) is 4.51. The van der Waals surface area contributed by atoms with Crippen molar-refractivity contribution < 1.29 is 19.8 Å². The monoisotopic (exact) mass is 464 g/mol. The molecule has 1 rings (SSSR count). The Kier molecular flexibility index (Phi) is 14.3. The van der Waals surface area contributed by atoms with E-state index in [4.69, 9.17) is 21.6 Å². The molecule has 0 atom stereocenters. The van der Waals surface area contributed by atoms with Gasteiger partial charge in [-0.3, -0.25) is 24.2 Å². The topological polar surface area (TPSA) is 208 Å². The van der Waals surface area contributed by atoms with Gasteiger partial charge >= 0.3 is 11.9 Å². The molecule has 0 aliphatic rings. The largest absolute Gasteiger partial charge is 0.481 e. The Morgan fingerprint density at radius 3 is 2.55 bits per heavy atom. The van der Waals surface area contributed by atoms with Crippen molar-refractivity contribution in [3.05, 3.63) is 22.3 Å². The summed E-state index contributed by atoms with van der Waals surface area (Å²) in [4.78, 5) is 30.2. The Morgan fingerprint density at radius 2 is 1.88 bits per heavy atom. The third kappa shape index (κ3) is 14.2. The van der Waals surface area contributed by atoms with Crippen molar-refractivity contribution in [2.75, 3.05) is 26.2 Å². The van der Waals surface area contributed by atoms with Crippen LogP contribution in [0.3, 0.4) is 0 Å². The number of hydrogen-bond donors (Lipinski definition) is 3. The van der Waals surface area contributed by atoms with Gasteiger partial charge in [-0.1, -0.05) is 10.3 Å². The average molecular weight is 465 g/mol. The van der Waals surface area contributed by atoms with E-state index in [0.29, 0.717) is 77.1 Å². The van der Waals surface area contributed by atoms with Crippen LogP contribution in [0.15, 0.2) is 21.4 Å². The lowest BCUT2D eigenvalue weighted by Gasteiger charge is -2.20. The molecule has 0 amide bonds. The number of nitrogens with zero attached hydrogens (tertiary/aromatic N) is 9. The van der Waals surface area contributed by atoms with E-state index >= 15 is 0 Å². The van der Waals surface area contributed by atoms with Gasteiger partial charge in [0.15, 0.2) is 0 Å². The van der Waals surface area contributed by atoms with Crippen LogP contribution in [0.2, 0.25) is 0 Å². The summed E-state index contributed by atoms with van der Waals surface area (Å²) < 4.78 is 1.69. The van der Waals surface area contributed by atoms with Gasteiger partial charge in [0.25, 0.3) is 0 Å². The Hall–Kier alpha value is -3.51. The number of azide groups is 1.